The van der Waals surface area contributed by atoms with Crippen LogP contribution in [0, 0.1) is 0 Å². The van der Waals surface area contributed by atoms with Crippen molar-refractivity contribution in [2.24, 2.45) is 5.73 Å². The van der Waals surface area contributed by atoms with E-state index >= 15 is 0 Å². The van der Waals surface area contributed by atoms with Crippen molar-refractivity contribution in [1.29, 1.82) is 0 Å². The molecule has 0 bridgehead atoms. The SMILES string of the molecule is CC/C=C/C(N)(CC)CC. The van der Waals surface area contributed by atoms with Crippen molar-refractivity contribution >= 4 is 0 Å². The van der Waals surface area contributed by atoms with E-state index in [1.54, 1.807) is 0 Å². The third-order valence-electron chi connectivity index (χ3n) is 2.00. The lowest BCUT2D eigenvalue weighted by atomic mass is 9.94. The lowest BCUT2D eigenvalue weighted by molar-refractivity contribution is 0.492. The molecule has 0 amide bonds. The molecule has 0 spiro atoms. The van der Waals surface area contributed by atoms with Crippen molar-refractivity contribution in [3.8, 4) is 0 Å². The molecule has 0 aliphatic rings. The number of hydrogen-bond donors (Lipinski definition) is 1. The quantitative estimate of drug-likeness (QED) is 0.598. The first-order valence-electron chi connectivity index (χ1n) is 4.15. The molecule has 0 aromatic carbocycles. The van der Waals surface area contributed by atoms with Gasteiger partial charge in [-0.1, -0.05) is 32.9 Å². The Balaban J connectivity index is 3.92. The molecular formula is C9H19N. The standard InChI is InChI=1S/C9H19N/c1-4-7-8-9(10,5-2)6-3/h7-8H,4-6,10H2,1-3H3/b8-7+. The molecule has 0 aromatic rings. The fourth-order valence-corrected chi connectivity index (χ4v) is 0.838. The van der Waals surface area contributed by atoms with Gasteiger partial charge in [-0.05, 0) is 19.3 Å². The highest BCUT2D eigenvalue weighted by Gasteiger charge is 2.14. The van der Waals surface area contributed by atoms with E-state index in [0.29, 0.717) is 0 Å². The number of hydrogen-bond acceptors (Lipinski definition) is 1. The molecule has 0 aromatic heterocycles. The van der Waals surface area contributed by atoms with E-state index in [1.807, 2.05) is 0 Å². The van der Waals surface area contributed by atoms with Gasteiger partial charge in [0, 0.05) is 5.54 Å². The van der Waals surface area contributed by atoms with Crippen molar-refractivity contribution in [2.75, 3.05) is 0 Å². The Hall–Kier alpha value is -0.300. The van der Waals surface area contributed by atoms with Gasteiger partial charge in [-0.25, -0.2) is 0 Å². The van der Waals surface area contributed by atoms with E-state index in [1.165, 1.54) is 0 Å². The molecular weight excluding hydrogens is 122 g/mol. The average molecular weight is 141 g/mol. The predicted octanol–water partition coefficient (Wildman–Crippen LogP) is 2.47. The summed E-state index contributed by atoms with van der Waals surface area (Å²) in [5.74, 6) is 0. The summed E-state index contributed by atoms with van der Waals surface area (Å²) in [6, 6.07) is 0. The summed E-state index contributed by atoms with van der Waals surface area (Å²) in [5, 5.41) is 0. The van der Waals surface area contributed by atoms with Gasteiger partial charge in [-0.2, -0.15) is 0 Å². The van der Waals surface area contributed by atoms with Gasteiger partial charge in [0.25, 0.3) is 0 Å². The largest absolute Gasteiger partial charge is 0.322 e. The second kappa shape index (κ2) is 4.51. The molecule has 0 unspecified atom stereocenters. The Labute approximate surface area is 64.3 Å². The zero-order valence-corrected chi connectivity index (χ0v) is 7.35. The summed E-state index contributed by atoms with van der Waals surface area (Å²) in [4.78, 5) is 0. The molecule has 0 aliphatic carbocycles. The molecule has 0 rings (SSSR count). The molecule has 0 radical (unpaired) electrons. The number of rotatable bonds is 4. The van der Waals surface area contributed by atoms with E-state index in [0.717, 1.165) is 19.3 Å². The molecule has 1 heteroatoms. The Bertz CT molecular complexity index is 101. The topological polar surface area (TPSA) is 26.0 Å². The minimum Gasteiger partial charge on any atom is -0.322 e. The molecule has 60 valence electrons. The van der Waals surface area contributed by atoms with E-state index in [9.17, 15) is 0 Å². The number of allylic oxidation sites excluding steroid dienone is 1. The maximum atomic E-state index is 6.00. The zero-order valence-electron chi connectivity index (χ0n) is 7.35. The summed E-state index contributed by atoms with van der Waals surface area (Å²) >= 11 is 0. The predicted molar refractivity (Wildman–Crippen MR) is 46.9 cm³/mol. The van der Waals surface area contributed by atoms with Crippen LogP contribution in [0.5, 0.6) is 0 Å². The Kier molecular flexibility index (Phi) is 4.37. The summed E-state index contributed by atoms with van der Waals surface area (Å²) in [5.41, 5.74) is 5.95. The molecule has 2 N–H and O–H groups in total. The summed E-state index contributed by atoms with van der Waals surface area (Å²) in [6.07, 6.45) is 7.42. The molecule has 0 heterocycles. The van der Waals surface area contributed by atoms with Gasteiger partial charge in [0.05, 0.1) is 0 Å². The van der Waals surface area contributed by atoms with E-state index in [2.05, 4.69) is 32.9 Å². The highest BCUT2D eigenvalue weighted by atomic mass is 14.7. The zero-order chi connectivity index (χ0) is 8.04. The lowest BCUT2D eigenvalue weighted by Crippen LogP contribution is -2.35. The van der Waals surface area contributed by atoms with Crippen molar-refractivity contribution in [2.45, 2.75) is 45.6 Å². The monoisotopic (exact) mass is 141 g/mol. The minimum atomic E-state index is -0.0456. The summed E-state index contributed by atoms with van der Waals surface area (Å²) in [7, 11) is 0. The lowest BCUT2D eigenvalue weighted by Gasteiger charge is -2.21. The van der Waals surface area contributed by atoms with Crippen LogP contribution in [0.1, 0.15) is 40.0 Å². The maximum absolute atomic E-state index is 6.00. The van der Waals surface area contributed by atoms with Gasteiger partial charge in [0.2, 0.25) is 0 Å². The van der Waals surface area contributed by atoms with Crippen LogP contribution in [0.2, 0.25) is 0 Å². The van der Waals surface area contributed by atoms with Crippen LogP contribution in [-0.4, -0.2) is 5.54 Å². The van der Waals surface area contributed by atoms with Crippen LogP contribution in [-0.2, 0) is 0 Å². The Morgan fingerprint density at radius 1 is 1.20 bits per heavy atom. The van der Waals surface area contributed by atoms with Crippen molar-refractivity contribution < 1.29 is 0 Å². The highest BCUT2D eigenvalue weighted by molar-refractivity contribution is 5.02. The molecule has 1 nitrogen and oxygen atoms in total. The highest BCUT2D eigenvalue weighted by Crippen LogP contribution is 2.12. The van der Waals surface area contributed by atoms with Crippen LogP contribution in [0.3, 0.4) is 0 Å². The molecule has 10 heavy (non-hydrogen) atoms. The normalized spacial score (nSPS) is 12.8. The molecule has 0 fully saturated rings. The summed E-state index contributed by atoms with van der Waals surface area (Å²) in [6.45, 7) is 6.38. The van der Waals surface area contributed by atoms with Gasteiger partial charge in [-0.3, -0.25) is 0 Å². The molecule has 0 saturated heterocycles. The Morgan fingerprint density at radius 3 is 2.00 bits per heavy atom. The van der Waals surface area contributed by atoms with Gasteiger partial charge >= 0.3 is 0 Å². The minimum absolute atomic E-state index is 0.0456. The van der Waals surface area contributed by atoms with E-state index < -0.39 is 0 Å². The smallest absolute Gasteiger partial charge is 0.0333 e. The van der Waals surface area contributed by atoms with Gasteiger partial charge in [0.15, 0.2) is 0 Å². The third-order valence-corrected chi connectivity index (χ3v) is 2.00. The van der Waals surface area contributed by atoms with Crippen molar-refractivity contribution in [3.05, 3.63) is 12.2 Å². The number of nitrogens with two attached hydrogens (primary N) is 1. The third kappa shape index (κ3) is 3.02. The first kappa shape index (κ1) is 9.70. The van der Waals surface area contributed by atoms with Crippen LogP contribution in [0.15, 0.2) is 12.2 Å². The first-order valence-corrected chi connectivity index (χ1v) is 4.15. The van der Waals surface area contributed by atoms with Gasteiger partial charge < -0.3 is 5.73 Å². The first-order chi connectivity index (χ1) is 4.68. The molecule has 0 aliphatic heterocycles. The van der Waals surface area contributed by atoms with Crippen molar-refractivity contribution in [1.82, 2.24) is 0 Å². The van der Waals surface area contributed by atoms with Crippen LogP contribution in [0.25, 0.3) is 0 Å². The second-order valence-electron chi connectivity index (χ2n) is 2.75. The van der Waals surface area contributed by atoms with Crippen LogP contribution in [0.4, 0.5) is 0 Å². The molecule has 0 atom stereocenters. The van der Waals surface area contributed by atoms with Crippen LogP contribution >= 0.6 is 0 Å². The molecule has 0 saturated carbocycles. The fourth-order valence-electron chi connectivity index (χ4n) is 0.838. The Morgan fingerprint density at radius 2 is 1.70 bits per heavy atom. The van der Waals surface area contributed by atoms with E-state index in [-0.39, 0.29) is 5.54 Å². The van der Waals surface area contributed by atoms with Gasteiger partial charge in [0.1, 0.15) is 0 Å². The average Bonchev–Trinajstić information content (AvgIpc) is 2.00. The maximum Gasteiger partial charge on any atom is 0.0333 e. The van der Waals surface area contributed by atoms with Crippen molar-refractivity contribution in [3.63, 3.8) is 0 Å². The fraction of sp³-hybridized carbons (Fsp3) is 0.778. The second-order valence-corrected chi connectivity index (χ2v) is 2.75. The van der Waals surface area contributed by atoms with Crippen LogP contribution < -0.4 is 5.73 Å². The van der Waals surface area contributed by atoms with E-state index in [4.69, 9.17) is 5.73 Å². The van der Waals surface area contributed by atoms with Gasteiger partial charge in [-0.15, -0.1) is 0 Å². The summed E-state index contributed by atoms with van der Waals surface area (Å²) < 4.78 is 0.